The number of urea groups is 1. The van der Waals surface area contributed by atoms with Crippen molar-refractivity contribution in [2.75, 3.05) is 26.3 Å². The average Bonchev–Trinajstić information content (AvgIpc) is 2.56. The Morgan fingerprint density at radius 2 is 2.22 bits per heavy atom. The smallest absolute Gasteiger partial charge is 0.317 e. The van der Waals surface area contributed by atoms with E-state index in [1.807, 2.05) is 0 Å². The zero-order valence-corrected chi connectivity index (χ0v) is 11.2. The highest BCUT2D eigenvalue weighted by molar-refractivity contribution is 5.74. The minimum absolute atomic E-state index is 0.0399. The fourth-order valence-corrected chi connectivity index (χ4v) is 2.71. The lowest BCUT2D eigenvalue weighted by Gasteiger charge is -2.37. The largest absolute Gasteiger partial charge is 0.388 e. The molecular formula is C13H24N2O3. The fourth-order valence-electron chi connectivity index (χ4n) is 2.71. The average molecular weight is 256 g/mol. The van der Waals surface area contributed by atoms with Crippen molar-refractivity contribution in [3.8, 4) is 0 Å². The molecule has 2 heterocycles. The molecule has 0 saturated carbocycles. The van der Waals surface area contributed by atoms with Crippen LogP contribution in [-0.2, 0) is 4.74 Å². The molecule has 2 atom stereocenters. The Morgan fingerprint density at radius 1 is 1.39 bits per heavy atom. The number of carbonyl (C=O) groups excluding carboxylic acids is 1. The van der Waals surface area contributed by atoms with Crippen LogP contribution in [0.5, 0.6) is 0 Å². The number of aliphatic hydroxyl groups is 1. The van der Waals surface area contributed by atoms with E-state index in [0.29, 0.717) is 6.54 Å². The van der Waals surface area contributed by atoms with Crippen molar-refractivity contribution in [3.63, 3.8) is 0 Å². The van der Waals surface area contributed by atoms with Gasteiger partial charge in [-0.1, -0.05) is 0 Å². The van der Waals surface area contributed by atoms with Crippen LogP contribution in [0.1, 0.15) is 39.0 Å². The van der Waals surface area contributed by atoms with E-state index in [0.717, 1.165) is 51.9 Å². The first-order valence-electron chi connectivity index (χ1n) is 6.92. The van der Waals surface area contributed by atoms with Crippen molar-refractivity contribution in [2.24, 2.45) is 0 Å². The van der Waals surface area contributed by atoms with Gasteiger partial charge < -0.3 is 20.1 Å². The van der Waals surface area contributed by atoms with Crippen molar-refractivity contribution >= 4 is 6.03 Å². The van der Waals surface area contributed by atoms with E-state index in [4.69, 9.17) is 4.74 Å². The second-order valence-corrected chi connectivity index (χ2v) is 5.71. The normalized spacial score (nSPS) is 33.9. The third kappa shape index (κ3) is 3.85. The topological polar surface area (TPSA) is 61.8 Å². The molecule has 104 valence electrons. The summed E-state index contributed by atoms with van der Waals surface area (Å²) in [6, 6.07) is 0.175. The summed E-state index contributed by atoms with van der Waals surface area (Å²) in [5.74, 6) is 0. The third-order valence-corrected chi connectivity index (χ3v) is 3.74. The minimum atomic E-state index is -0.734. The molecule has 18 heavy (non-hydrogen) atoms. The Bertz CT molecular complexity index is 286. The number of carbonyl (C=O) groups is 1. The van der Waals surface area contributed by atoms with Gasteiger partial charge >= 0.3 is 6.03 Å². The van der Waals surface area contributed by atoms with E-state index < -0.39 is 5.60 Å². The Hall–Kier alpha value is -0.810. The van der Waals surface area contributed by atoms with Gasteiger partial charge in [-0.05, 0) is 39.0 Å². The molecule has 0 radical (unpaired) electrons. The van der Waals surface area contributed by atoms with Crippen LogP contribution >= 0.6 is 0 Å². The number of hydrogen-bond acceptors (Lipinski definition) is 3. The number of ether oxygens (including phenoxy) is 1. The summed E-state index contributed by atoms with van der Waals surface area (Å²) in [5.41, 5.74) is -0.734. The van der Waals surface area contributed by atoms with Crippen LogP contribution in [0.3, 0.4) is 0 Å². The number of nitrogens with zero attached hydrogens (tertiary/aromatic N) is 1. The van der Waals surface area contributed by atoms with Crippen molar-refractivity contribution in [2.45, 2.75) is 50.7 Å². The molecule has 0 unspecified atom stereocenters. The number of nitrogens with one attached hydrogen (secondary N) is 1. The summed E-state index contributed by atoms with van der Waals surface area (Å²) in [6.07, 6.45) is 4.51. The lowest BCUT2D eigenvalue weighted by molar-refractivity contribution is -0.00293. The number of β-amino-alcohol motifs (C(OH)–C–C–N with tert-alkyl or cyclic N) is 1. The molecule has 2 aliphatic rings. The van der Waals surface area contributed by atoms with Crippen molar-refractivity contribution in [3.05, 3.63) is 0 Å². The number of piperidine rings is 1. The predicted molar refractivity (Wildman–Crippen MR) is 68.4 cm³/mol. The molecule has 2 saturated heterocycles. The Labute approximate surface area is 108 Å². The molecule has 2 aliphatic heterocycles. The molecule has 5 heteroatoms. The molecule has 0 spiro atoms. The second-order valence-electron chi connectivity index (χ2n) is 5.71. The van der Waals surface area contributed by atoms with Crippen molar-refractivity contribution in [1.82, 2.24) is 10.2 Å². The maximum atomic E-state index is 12.1. The molecule has 2 amide bonds. The van der Waals surface area contributed by atoms with E-state index in [9.17, 15) is 9.90 Å². The van der Waals surface area contributed by atoms with Gasteiger partial charge in [-0.15, -0.1) is 0 Å². The van der Waals surface area contributed by atoms with Crippen molar-refractivity contribution in [1.29, 1.82) is 0 Å². The molecule has 2 fully saturated rings. The number of rotatable bonds is 1. The zero-order chi connectivity index (χ0) is 13.0. The Balaban J connectivity index is 1.83. The lowest BCUT2D eigenvalue weighted by atomic mass is 9.95. The standard InChI is InChI=1S/C13H24N2O3/c1-13(17)6-3-7-15(10-13)12(16)14-11-4-2-8-18-9-5-11/h11,17H,2-10H2,1H3,(H,14,16)/t11-,13-/m0/s1. The number of hydrogen-bond donors (Lipinski definition) is 2. The molecule has 2 N–H and O–H groups in total. The lowest BCUT2D eigenvalue weighted by Crippen LogP contribution is -2.53. The first-order chi connectivity index (χ1) is 8.57. The molecule has 5 nitrogen and oxygen atoms in total. The monoisotopic (exact) mass is 256 g/mol. The molecule has 0 aromatic heterocycles. The van der Waals surface area contributed by atoms with Gasteiger partial charge in [0.05, 0.1) is 12.1 Å². The van der Waals surface area contributed by atoms with Gasteiger partial charge in [0, 0.05) is 25.8 Å². The maximum Gasteiger partial charge on any atom is 0.317 e. The fraction of sp³-hybridized carbons (Fsp3) is 0.923. The van der Waals surface area contributed by atoms with Crippen LogP contribution in [0.15, 0.2) is 0 Å². The summed E-state index contributed by atoms with van der Waals surface area (Å²) >= 11 is 0. The maximum absolute atomic E-state index is 12.1. The van der Waals surface area contributed by atoms with Crippen molar-refractivity contribution < 1.29 is 14.6 Å². The quantitative estimate of drug-likeness (QED) is 0.739. The molecular weight excluding hydrogens is 232 g/mol. The predicted octanol–water partition coefficient (Wildman–Crippen LogP) is 1.11. The SMILES string of the molecule is C[C@]1(O)CCCN(C(=O)N[C@H]2CCCOCC2)C1. The summed E-state index contributed by atoms with van der Waals surface area (Å²) < 4.78 is 5.38. The molecule has 2 rings (SSSR count). The van der Waals surface area contributed by atoms with E-state index in [1.54, 1.807) is 11.8 Å². The second kappa shape index (κ2) is 5.89. The highest BCUT2D eigenvalue weighted by Crippen LogP contribution is 2.20. The first-order valence-corrected chi connectivity index (χ1v) is 6.92. The highest BCUT2D eigenvalue weighted by atomic mass is 16.5. The van der Waals surface area contributed by atoms with Crippen LogP contribution in [0.2, 0.25) is 0 Å². The summed E-state index contributed by atoms with van der Waals surface area (Å²) in [6.45, 7) is 4.49. The molecule has 0 aromatic rings. The summed E-state index contributed by atoms with van der Waals surface area (Å²) in [7, 11) is 0. The summed E-state index contributed by atoms with van der Waals surface area (Å²) in [4.78, 5) is 13.9. The third-order valence-electron chi connectivity index (χ3n) is 3.74. The first kappa shape index (κ1) is 13.6. The van der Waals surface area contributed by atoms with E-state index in [2.05, 4.69) is 5.32 Å². The number of likely N-dealkylation sites (tertiary alicyclic amines) is 1. The van der Waals surface area contributed by atoms with Gasteiger partial charge in [-0.2, -0.15) is 0 Å². The van der Waals surface area contributed by atoms with Crippen LogP contribution in [0.4, 0.5) is 4.79 Å². The van der Waals surface area contributed by atoms with Gasteiger partial charge in [0.1, 0.15) is 0 Å². The molecule has 0 aliphatic carbocycles. The highest BCUT2D eigenvalue weighted by Gasteiger charge is 2.31. The molecule has 0 aromatic carbocycles. The number of amides is 2. The molecule has 0 bridgehead atoms. The van der Waals surface area contributed by atoms with E-state index >= 15 is 0 Å². The Kier molecular flexibility index (Phi) is 4.45. The van der Waals surface area contributed by atoms with Gasteiger partial charge in [0.15, 0.2) is 0 Å². The van der Waals surface area contributed by atoms with Gasteiger partial charge in [0.25, 0.3) is 0 Å². The van der Waals surface area contributed by atoms with Crippen LogP contribution < -0.4 is 5.32 Å². The van der Waals surface area contributed by atoms with E-state index in [-0.39, 0.29) is 12.1 Å². The van der Waals surface area contributed by atoms with Gasteiger partial charge in [0.2, 0.25) is 0 Å². The zero-order valence-electron chi connectivity index (χ0n) is 11.2. The van der Waals surface area contributed by atoms with E-state index in [1.165, 1.54) is 0 Å². The van der Waals surface area contributed by atoms with Crippen LogP contribution in [0, 0.1) is 0 Å². The van der Waals surface area contributed by atoms with Crippen LogP contribution in [-0.4, -0.2) is 54.0 Å². The van der Waals surface area contributed by atoms with Gasteiger partial charge in [-0.3, -0.25) is 0 Å². The Morgan fingerprint density at radius 3 is 3.00 bits per heavy atom. The minimum Gasteiger partial charge on any atom is -0.388 e. The summed E-state index contributed by atoms with van der Waals surface area (Å²) in [5, 5.41) is 13.1. The van der Waals surface area contributed by atoms with Gasteiger partial charge in [-0.25, -0.2) is 4.79 Å². The van der Waals surface area contributed by atoms with Crippen LogP contribution in [0.25, 0.3) is 0 Å².